The van der Waals surface area contributed by atoms with E-state index in [9.17, 15) is 18.0 Å². The number of allylic oxidation sites excluding steroid dienone is 1. The lowest BCUT2D eigenvalue weighted by molar-refractivity contribution is -0.750. The molecule has 8 nitrogen and oxygen atoms in total. The minimum Gasteiger partial charge on any atom is -0.307 e. The number of quaternary nitrogens is 1. The summed E-state index contributed by atoms with van der Waals surface area (Å²) in [7, 11) is 0. The molecule has 1 saturated heterocycles. The van der Waals surface area contributed by atoms with E-state index < -0.39 is 17.6 Å². The number of halogens is 3. The van der Waals surface area contributed by atoms with Crippen LogP contribution in [0.4, 0.5) is 19.0 Å². The Balaban J connectivity index is 1.22. The van der Waals surface area contributed by atoms with Crippen LogP contribution in [0.2, 0.25) is 0 Å². The smallest absolute Gasteiger partial charge is 0.307 e. The summed E-state index contributed by atoms with van der Waals surface area (Å²) in [4.78, 5) is 28.5. The first-order chi connectivity index (χ1) is 18.7. The summed E-state index contributed by atoms with van der Waals surface area (Å²) in [6.45, 7) is 3.21. The summed E-state index contributed by atoms with van der Waals surface area (Å²) in [6, 6.07) is 8.36. The van der Waals surface area contributed by atoms with Crippen LogP contribution in [0, 0.1) is 11.8 Å². The fourth-order valence-electron chi connectivity index (χ4n) is 5.45. The van der Waals surface area contributed by atoms with Gasteiger partial charge in [-0.05, 0) is 74.5 Å². The molecule has 1 aromatic carbocycles. The van der Waals surface area contributed by atoms with Crippen molar-refractivity contribution >= 4 is 23.8 Å². The Labute approximate surface area is 224 Å². The second-order valence-electron chi connectivity index (χ2n) is 10.6. The molecule has 0 bridgehead atoms. The van der Waals surface area contributed by atoms with Gasteiger partial charge in [0.2, 0.25) is 5.70 Å². The summed E-state index contributed by atoms with van der Waals surface area (Å²) >= 11 is 0. The number of likely N-dealkylation sites (tertiary alicyclic amines) is 1. The second kappa shape index (κ2) is 9.82. The van der Waals surface area contributed by atoms with Crippen LogP contribution >= 0.6 is 0 Å². The number of aliphatic imine (C=N–C) groups is 2. The van der Waals surface area contributed by atoms with Crippen LogP contribution in [-0.2, 0) is 6.18 Å². The molecule has 6 rings (SSSR count). The third-order valence-corrected chi connectivity index (χ3v) is 7.66. The van der Waals surface area contributed by atoms with Crippen molar-refractivity contribution in [3.05, 3.63) is 83.1 Å². The van der Waals surface area contributed by atoms with Gasteiger partial charge in [-0.25, -0.2) is 4.98 Å². The largest absolute Gasteiger partial charge is 0.416 e. The number of amides is 1. The van der Waals surface area contributed by atoms with Gasteiger partial charge in [-0.2, -0.15) is 24.0 Å². The summed E-state index contributed by atoms with van der Waals surface area (Å²) in [5.74, 6) is 7.86. The van der Waals surface area contributed by atoms with E-state index in [0.29, 0.717) is 5.84 Å². The maximum absolute atomic E-state index is 13.0. The Morgan fingerprint density at radius 3 is 2.69 bits per heavy atom. The molecule has 3 aliphatic heterocycles. The number of pyridine rings is 1. The van der Waals surface area contributed by atoms with Crippen LogP contribution in [0.5, 0.6) is 0 Å². The quantitative estimate of drug-likeness (QED) is 0.414. The Morgan fingerprint density at radius 2 is 1.95 bits per heavy atom. The SMILES string of the molecule is N[N+]12C=CN=CC1=C(C1CCCN(CC3CC3)C1)N=C2c1ccc(C(=O)Nc2cc(C(F)(F)F)ccn2)cc1. The zero-order valence-corrected chi connectivity index (χ0v) is 21.2. The van der Waals surface area contributed by atoms with E-state index in [1.54, 1.807) is 42.9 Å². The Kier molecular flexibility index (Phi) is 6.44. The molecule has 1 saturated carbocycles. The lowest BCUT2D eigenvalue weighted by Crippen LogP contribution is -2.53. The minimum atomic E-state index is -4.53. The Bertz CT molecular complexity index is 1410. The van der Waals surface area contributed by atoms with Gasteiger partial charge in [0.15, 0.2) is 0 Å². The van der Waals surface area contributed by atoms with Gasteiger partial charge < -0.3 is 10.2 Å². The van der Waals surface area contributed by atoms with Gasteiger partial charge in [-0.15, -0.1) is 4.59 Å². The fraction of sp³-hybridized carbons (Fsp3) is 0.357. The maximum atomic E-state index is 13.0. The molecular formula is C28H29F3N7O+. The topological polar surface area (TPSA) is 96.0 Å². The molecule has 2 aromatic rings. The molecule has 4 heterocycles. The number of carbonyl (C=O) groups is 1. The van der Waals surface area contributed by atoms with Crippen molar-refractivity contribution in [3.8, 4) is 0 Å². The van der Waals surface area contributed by atoms with Crippen LogP contribution in [0.3, 0.4) is 0 Å². The number of benzene rings is 1. The first kappa shape index (κ1) is 25.6. The molecule has 4 aliphatic rings. The van der Waals surface area contributed by atoms with E-state index in [0.717, 1.165) is 73.7 Å². The van der Waals surface area contributed by atoms with E-state index in [-0.39, 0.29) is 21.9 Å². The van der Waals surface area contributed by atoms with Crippen LogP contribution in [0.15, 0.2) is 76.4 Å². The number of alkyl halides is 3. The van der Waals surface area contributed by atoms with E-state index in [1.165, 1.54) is 12.8 Å². The highest BCUT2D eigenvalue weighted by Crippen LogP contribution is 2.38. The number of anilines is 1. The summed E-state index contributed by atoms with van der Waals surface area (Å²) < 4.78 is 38.9. The zero-order chi connectivity index (χ0) is 27.2. The van der Waals surface area contributed by atoms with E-state index in [4.69, 9.17) is 10.8 Å². The number of rotatable bonds is 6. The molecule has 1 aromatic heterocycles. The molecule has 0 spiro atoms. The van der Waals surface area contributed by atoms with E-state index >= 15 is 0 Å². The minimum absolute atomic E-state index is 0.0995. The van der Waals surface area contributed by atoms with Crippen molar-refractivity contribution in [1.82, 2.24) is 9.88 Å². The van der Waals surface area contributed by atoms with Crippen molar-refractivity contribution < 1.29 is 22.6 Å². The number of piperidine rings is 1. The maximum Gasteiger partial charge on any atom is 0.416 e. The van der Waals surface area contributed by atoms with Crippen molar-refractivity contribution in [3.63, 3.8) is 0 Å². The molecule has 2 unspecified atom stereocenters. The van der Waals surface area contributed by atoms with Crippen molar-refractivity contribution in [2.24, 2.45) is 27.7 Å². The van der Waals surface area contributed by atoms with Gasteiger partial charge >= 0.3 is 6.18 Å². The summed E-state index contributed by atoms with van der Waals surface area (Å²) in [5, 5.41) is 2.43. The third kappa shape index (κ3) is 5.17. The van der Waals surface area contributed by atoms with Gasteiger partial charge in [0.05, 0.1) is 23.5 Å². The zero-order valence-electron chi connectivity index (χ0n) is 21.2. The van der Waals surface area contributed by atoms with Crippen LogP contribution in [-0.4, -0.2) is 52.1 Å². The van der Waals surface area contributed by atoms with Crippen LogP contribution in [0.25, 0.3) is 0 Å². The number of nitrogens with zero attached hydrogens (tertiary/aromatic N) is 5. The van der Waals surface area contributed by atoms with Gasteiger partial charge in [0, 0.05) is 30.8 Å². The van der Waals surface area contributed by atoms with Crippen LogP contribution in [0.1, 0.15) is 47.2 Å². The van der Waals surface area contributed by atoms with Gasteiger partial charge in [0.1, 0.15) is 17.7 Å². The highest BCUT2D eigenvalue weighted by atomic mass is 19.4. The first-order valence-corrected chi connectivity index (χ1v) is 13.1. The summed E-state index contributed by atoms with van der Waals surface area (Å²) in [5.41, 5.74) is 1.93. The number of nitrogens with one attached hydrogen (secondary N) is 1. The van der Waals surface area contributed by atoms with Gasteiger partial charge in [0.25, 0.3) is 11.7 Å². The number of amidine groups is 1. The molecular weight excluding hydrogens is 507 g/mol. The van der Waals surface area contributed by atoms with Gasteiger partial charge in [-0.1, -0.05) is 0 Å². The lowest BCUT2D eigenvalue weighted by atomic mass is 9.93. The number of hydrogen-bond donors (Lipinski definition) is 2. The Hall–Kier alpha value is -3.67. The number of nitrogens with two attached hydrogens (primary N) is 1. The summed E-state index contributed by atoms with van der Waals surface area (Å²) in [6.07, 6.45) is 6.52. The molecule has 1 aliphatic carbocycles. The van der Waals surface area contributed by atoms with Crippen LogP contribution < -0.4 is 11.2 Å². The van der Waals surface area contributed by atoms with Gasteiger partial charge in [-0.3, -0.25) is 9.79 Å². The van der Waals surface area contributed by atoms with Crippen molar-refractivity contribution in [1.29, 1.82) is 0 Å². The number of carbonyl (C=O) groups excluding carboxylic acids is 1. The predicted octanol–water partition coefficient (Wildman–Crippen LogP) is 4.69. The van der Waals surface area contributed by atoms with Crippen molar-refractivity contribution in [2.45, 2.75) is 31.9 Å². The average Bonchev–Trinajstić information content (AvgIpc) is 3.68. The van der Waals surface area contributed by atoms with E-state index in [2.05, 4.69) is 20.2 Å². The molecule has 2 atom stereocenters. The molecule has 202 valence electrons. The number of fused-ring (bicyclic) bond motifs is 1. The standard InChI is InChI=1S/C28H28F3N7O/c29-28(30,31)22-9-10-34-24(14-22)35-27(39)20-7-5-19(6-8-20)26-36-25(23-15-33-11-13-38(23,26)32)21-2-1-12-37(17-21)16-18-3-4-18/h5-11,13-15,18,21H,1-4,12,16-17,32H2/p+1. The van der Waals surface area contributed by atoms with Crippen molar-refractivity contribution in [2.75, 3.05) is 25.0 Å². The molecule has 0 radical (unpaired) electrons. The normalized spacial score (nSPS) is 25.0. The molecule has 11 heteroatoms. The van der Waals surface area contributed by atoms with E-state index in [1.807, 2.05) is 0 Å². The fourth-order valence-corrected chi connectivity index (χ4v) is 5.45. The molecule has 1 amide bonds. The second-order valence-corrected chi connectivity index (χ2v) is 10.6. The first-order valence-electron chi connectivity index (χ1n) is 13.1. The molecule has 3 N–H and O–H groups in total. The Morgan fingerprint density at radius 1 is 1.15 bits per heavy atom. The molecule has 2 fully saturated rings. The number of aromatic nitrogens is 1. The lowest BCUT2D eigenvalue weighted by Gasteiger charge is -2.32. The third-order valence-electron chi connectivity index (χ3n) is 7.66. The highest BCUT2D eigenvalue weighted by Gasteiger charge is 2.46. The monoisotopic (exact) mass is 536 g/mol. The molecule has 39 heavy (non-hydrogen) atoms. The number of hydrogen-bond acceptors (Lipinski definition) is 6. The average molecular weight is 537 g/mol. The highest BCUT2D eigenvalue weighted by molar-refractivity contribution is 6.05. The predicted molar refractivity (Wildman–Crippen MR) is 141 cm³/mol.